The Hall–Kier alpha value is -0.390. The molecule has 108 valence electrons. The number of ether oxygens (including phenoxy) is 1. The predicted molar refractivity (Wildman–Crippen MR) is 78.2 cm³/mol. The summed E-state index contributed by atoms with van der Waals surface area (Å²) < 4.78 is 8.70. The van der Waals surface area contributed by atoms with Gasteiger partial charge in [0.2, 0.25) is 0 Å². The molecule has 1 fully saturated rings. The molecule has 0 spiro atoms. The van der Waals surface area contributed by atoms with Gasteiger partial charge in [-0.1, -0.05) is 6.92 Å². The minimum absolute atomic E-state index is 0.422. The highest BCUT2D eigenvalue weighted by molar-refractivity contribution is 9.10. The maximum atomic E-state index is 10.5. The van der Waals surface area contributed by atoms with Crippen molar-refractivity contribution >= 4 is 15.9 Å². The van der Waals surface area contributed by atoms with Crippen LogP contribution in [0.2, 0.25) is 0 Å². The highest BCUT2D eigenvalue weighted by Crippen LogP contribution is 2.31. The lowest BCUT2D eigenvalue weighted by Crippen LogP contribution is -2.45. The Balaban J connectivity index is 2.14. The van der Waals surface area contributed by atoms with Gasteiger partial charge >= 0.3 is 0 Å². The van der Waals surface area contributed by atoms with E-state index in [-0.39, 0.29) is 0 Å². The van der Waals surface area contributed by atoms with Gasteiger partial charge in [0.05, 0.1) is 27.6 Å². The maximum Gasteiger partial charge on any atom is 0.0916 e. The van der Waals surface area contributed by atoms with E-state index in [1.807, 2.05) is 18.7 Å². The van der Waals surface area contributed by atoms with Crippen molar-refractivity contribution in [2.75, 3.05) is 6.61 Å². The van der Waals surface area contributed by atoms with Crippen molar-refractivity contribution in [2.24, 2.45) is 7.05 Å². The van der Waals surface area contributed by atoms with Crippen LogP contribution in [0.1, 0.15) is 44.5 Å². The molecule has 2 heterocycles. The van der Waals surface area contributed by atoms with Crippen LogP contribution < -0.4 is 0 Å². The number of aliphatic hydroxyl groups excluding tert-OH is 1. The Labute approximate surface area is 123 Å². The molecule has 2 rings (SSSR count). The summed E-state index contributed by atoms with van der Waals surface area (Å²) in [5, 5.41) is 15.0. The molecule has 1 aromatic rings. The van der Waals surface area contributed by atoms with Crippen LogP contribution in [0.25, 0.3) is 0 Å². The van der Waals surface area contributed by atoms with Gasteiger partial charge in [-0.05, 0) is 48.5 Å². The van der Waals surface area contributed by atoms with E-state index in [1.54, 1.807) is 0 Å². The molecule has 19 heavy (non-hydrogen) atoms. The molecule has 0 bridgehead atoms. The van der Waals surface area contributed by atoms with Crippen LogP contribution >= 0.6 is 15.9 Å². The summed E-state index contributed by atoms with van der Waals surface area (Å²) in [5.41, 5.74) is 1.66. The second-order valence-corrected chi connectivity index (χ2v) is 6.32. The molecule has 1 aromatic heterocycles. The Morgan fingerprint density at radius 2 is 2.26 bits per heavy atom. The first kappa shape index (κ1) is 15.0. The summed E-state index contributed by atoms with van der Waals surface area (Å²) in [6, 6.07) is 0. The third-order valence-corrected chi connectivity index (χ3v) is 5.01. The van der Waals surface area contributed by atoms with Gasteiger partial charge in [-0.15, -0.1) is 0 Å². The first-order valence-electron chi connectivity index (χ1n) is 7.00. The number of aryl methyl sites for hydroxylation is 2. The molecule has 0 saturated carbocycles. The van der Waals surface area contributed by atoms with Gasteiger partial charge in [0.15, 0.2) is 0 Å². The zero-order valence-electron chi connectivity index (χ0n) is 11.9. The molecule has 1 N–H and O–H groups in total. The second-order valence-electron chi connectivity index (χ2n) is 5.52. The van der Waals surface area contributed by atoms with Crippen molar-refractivity contribution in [3.05, 3.63) is 15.9 Å². The molecule has 1 saturated heterocycles. The average Bonchev–Trinajstić information content (AvgIpc) is 2.67. The molecule has 0 radical (unpaired) electrons. The van der Waals surface area contributed by atoms with Crippen molar-refractivity contribution in [3.8, 4) is 0 Å². The fourth-order valence-corrected chi connectivity index (χ4v) is 3.44. The number of nitrogens with zero attached hydrogens (tertiary/aromatic N) is 2. The summed E-state index contributed by atoms with van der Waals surface area (Å²) in [6.07, 6.45) is 4.10. The second kappa shape index (κ2) is 5.94. The van der Waals surface area contributed by atoms with Gasteiger partial charge < -0.3 is 9.84 Å². The van der Waals surface area contributed by atoms with E-state index in [0.29, 0.717) is 6.42 Å². The van der Waals surface area contributed by atoms with E-state index < -0.39 is 11.7 Å². The zero-order valence-corrected chi connectivity index (χ0v) is 13.5. The van der Waals surface area contributed by atoms with Crippen molar-refractivity contribution in [3.63, 3.8) is 0 Å². The quantitative estimate of drug-likeness (QED) is 0.923. The summed E-state index contributed by atoms with van der Waals surface area (Å²) in [4.78, 5) is 0. The van der Waals surface area contributed by atoms with E-state index in [1.165, 1.54) is 0 Å². The van der Waals surface area contributed by atoms with E-state index in [9.17, 15) is 5.11 Å². The van der Waals surface area contributed by atoms with Crippen molar-refractivity contribution < 1.29 is 9.84 Å². The minimum Gasteiger partial charge on any atom is -0.390 e. The third-order valence-electron chi connectivity index (χ3n) is 4.09. The van der Waals surface area contributed by atoms with Crippen LogP contribution in [0.5, 0.6) is 0 Å². The molecular formula is C14H23BrN2O2. The van der Waals surface area contributed by atoms with Crippen LogP contribution in [0.3, 0.4) is 0 Å². The third kappa shape index (κ3) is 3.03. The minimum atomic E-state index is -0.496. The molecule has 5 heteroatoms. The Morgan fingerprint density at radius 1 is 1.53 bits per heavy atom. The smallest absolute Gasteiger partial charge is 0.0916 e. The summed E-state index contributed by atoms with van der Waals surface area (Å²) in [5.74, 6) is 0. The molecular weight excluding hydrogens is 308 g/mol. The lowest BCUT2D eigenvalue weighted by atomic mass is 9.87. The Kier molecular flexibility index (Phi) is 4.69. The topological polar surface area (TPSA) is 47.3 Å². The van der Waals surface area contributed by atoms with Crippen LogP contribution in [0, 0.1) is 0 Å². The number of rotatable bonds is 4. The molecule has 2 unspecified atom stereocenters. The van der Waals surface area contributed by atoms with Crippen molar-refractivity contribution in [1.29, 1.82) is 0 Å². The van der Waals surface area contributed by atoms with E-state index >= 15 is 0 Å². The lowest BCUT2D eigenvalue weighted by Gasteiger charge is -2.38. The van der Waals surface area contributed by atoms with Gasteiger partial charge in [-0.25, -0.2) is 0 Å². The molecule has 0 aliphatic carbocycles. The number of hydrogen-bond donors (Lipinski definition) is 1. The molecule has 0 aromatic carbocycles. The standard InChI is InChI=1S/C14H23BrN2O2/c1-4-10-13(15)11(17(3)16-10)9-12(18)14(2)7-5-6-8-19-14/h12,18H,4-9H2,1-3H3. The Bertz CT molecular complexity index is 439. The first-order valence-corrected chi connectivity index (χ1v) is 7.79. The van der Waals surface area contributed by atoms with Crippen LogP contribution in [-0.4, -0.2) is 33.2 Å². The Morgan fingerprint density at radius 3 is 2.79 bits per heavy atom. The van der Waals surface area contributed by atoms with E-state index in [4.69, 9.17) is 4.74 Å². The largest absolute Gasteiger partial charge is 0.390 e. The molecule has 0 amide bonds. The number of aromatic nitrogens is 2. The van der Waals surface area contributed by atoms with E-state index in [0.717, 1.165) is 48.2 Å². The predicted octanol–water partition coefficient (Wildman–Crippen LogP) is 2.61. The monoisotopic (exact) mass is 330 g/mol. The highest BCUT2D eigenvalue weighted by Gasteiger charge is 2.36. The summed E-state index contributed by atoms with van der Waals surface area (Å²) in [7, 11) is 1.93. The fourth-order valence-electron chi connectivity index (χ4n) is 2.66. The highest BCUT2D eigenvalue weighted by atomic mass is 79.9. The van der Waals surface area contributed by atoms with Crippen molar-refractivity contribution in [1.82, 2.24) is 9.78 Å². The summed E-state index contributed by atoms with van der Waals surface area (Å²) >= 11 is 3.60. The normalized spacial score (nSPS) is 25.5. The van der Waals surface area contributed by atoms with Crippen molar-refractivity contribution in [2.45, 2.75) is 57.7 Å². The van der Waals surface area contributed by atoms with Crippen LogP contribution in [0.4, 0.5) is 0 Å². The first-order chi connectivity index (χ1) is 8.98. The van der Waals surface area contributed by atoms with Gasteiger partial charge in [0.1, 0.15) is 0 Å². The van der Waals surface area contributed by atoms with Crippen LogP contribution in [0.15, 0.2) is 4.47 Å². The van der Waals surface area contributed by atoms with E-state index in [2.05, 4.69) is 28.0 Å². The lowest BCUT2D eigenvalue weighted by molar-refractivity contribution is -0.135. The van der Waals surface area contributed by atoms with Gasteiger partial charge in [-0.2, -0.15) is 5.10 Å². The molecule has 1 aliphatic heterocycles. The fraction of sp³-hybridized carbons (Fsp3) is 0.786. The average molecular weight is 331 g/mol. The number of halogens is 1. The summed E-state index contributed by atoms with van der Waals surface area (Å²) in [6.45, 7) is 4.85. The molecule has 4 nitrogen and oxygen atoms in total. The van der Waals surface area contributed by atoms with Gasteiger partial charge in [0, 0.05) is 20.1 Å². The SMILES string of the molecule is CCc1nn(C)c(CC(O)C2(C)CCCCO2)c1Br. The molecule has 2 atom stereocenters. The van der Waals surface area contributed by atoms with Gasteiger partial charge in [-0.3, -0.25) is 4.68 Å². The molecule has 1 aliphatic rings. The zero-order chi connectivity index (χ0) is 14.0. The number of aliphatic hydroxyl groups is 1. The van der Waals surface area contributed by atoms with Gasteiger partial charge in [0.25, 0.3) is 0 Å². The number of hydrogen-bond acceptors (Lipinski definition) is 3. The van der Waals surface area contributed by atoms with Crippen LogP contribution in [-0.2, 0) is 24.6 Å². The maximum absolute atomic E-state index is 10.5.